The van der Waals surface area contributed by atoms with Crippen molar-refractivity contribution in [3.05, 3.63) is 60.1 Å². The van der Waals surface area contributed by atoms with Crippen molar-refractivity contribution < 1.29 is 0 Å². The molecular weight excluding hydrogens is 292 g/mol. The SMILES string of the molecule is C=C=C1CC2C=CC1C2C([Si]Cl)C1C2C=CC1C(=C=C)C2. The van der Waals surface area contributed by atoms with Crippen molar-refractivity contribution in [3.8, 4) is 0 Å². The summed E-state index contributed by atoms with van der Waals surface area (Å²) in [7, 11) is 0.492. The summed E-state index contributed by atoms with van der Waals surface area (Å²) < 4.78 is 0. The molecule has 0 amide bonds. The van der Waals surface area contributed by atoms with Crippen LogP contribution in [-0.2, 0) is 0 Å². The van der Waals surface area contributed by atoms with E-state index in [0.29, 0.717) is 49.9 Å². The fourth-order valence-electron chi connectivity index (χ4n) is 5.22. The molecule has 0 aromatic carbocycles. The van der Waals surface area contributed by atoms with Crippen LogP contribution in [0.25, 0.3) is 0 Å². The van der Waals surface area contributed by atoms with Crippen molar-refractivity contribution in [1.29, 1.82) is 0 Å². The number of rotatable bonds is 3. The minimum atomic E-state index is 0.492. The first kappa shape index (κ1) is 13.7. The van der Waals surface area contributed by atoms with Gasteiger partial charge in [0.1, 0.15) is 0 Å². The number of hydrogen-bond donors (Lipinski definition) is 0. The summed E-state index contributed by atoms with van der Waals surface area (Å²) in [4.78, 5) is 0. The van der Waals surface area contributed by atoms with Gasteiger partial charge >= 0.3 is 0 Å². The predicted molar refractivity (Wildman–Crippen MR) is 89.1 cm³/mol. The molecule has 0 aromatic rings. The Kier molecular flexibility index (Phi) is 3.28. The lowest BCUT2D eigenvalue weighted by atomic mass is 9.80. The van der Waals surface area contributed by atoms with E-state index in [0.717, 1.165) is 12.8 Å². The minimum Gasteiger partial charge on any atom is -0.171 e. The van der Waals surface area contributed by atoms with Crippen molar-refractivity contribution in [3.63, 3.8) is 0 Å². The molecular formula is C19H19ClSi. The van der Waals surface area contributed by atoms with Crippen LogP contribution in [0, 0.1) is 35.5 Å². The monoisotopic (exact) mass is 310 g/mol. The second-order valence-corrected chi connectivity index (χ2v) is 8.29. The maximum atomic E-state index is 6.51. The van der Waals surface area contributed by atoms with Gasteiger partial charge < -0.3 is 0 Å². The van der Waals surface area contributed by atoms with Crippen LogP contribution in [0.4, 0.5) is 0 Å². The maximum Gasteiger partial charge on any atom is 0.175 e. The van der Waals surface area contributed by atoms with Gasteiger partial charge in [0, 0.05) is 11.8 Å². The molecule has 2 heteroatoms. The molecule has 2 fully saturated rings. The largest absolute Gasteiger partial charge is 0.175 e. The summed E-state index contributed by atoms with van der Waals surface area (Å²) in [5, 5.41) is 0. The van der Waals surface area contributed by atoms with E-state index in [9.17, 15) is 0 Å². The van der Waals surface area contributed by atoms with Gasteiger partial charge in [0.25, 0.3) is 0 Å². The van der Waals surface area contributed by atoms with Gasteiger partial charge in [0.05, 0.1) is 0 Å². The lowest BCUT2D eigenvalue weighted by Gasteiger charge is -2.33. The van der Waals surface area contributed by atoms with Gasteiger partial charge in [-0.15, -0.1) is 11.5 Å². The summed E-state index contributed by atoms with van der Waals surface area (Å²) in [5.74, 6) is 3.74. The standard InChI is InChI=1S/C19H19ClSi/c1-3-11-9-13-5-7-15(11)17(13)19(21-20)18-14-6-8-16(18)12(4-2)10-14/h5-8,13-19H,1-2,9-10H2. The highest BCUT2D eigenvalue weighted by molar-refractivity contribution is 6.94. The third kappa shape index (κ3) is 1.82. The average Bonchev–Trinajstić information content (AvgIpc) is 3.27. The van der Waals surface area contributed by atoms with Crippen LogP contribution in [0.1, 0.15) is 12.8 Å². The average molecular weight is 311 g/mol. The Morgan fingerprint density at radius 1 is 0.952 bits per heavy atom. The first-order chi connectivity index (χ1) is 10.3. The second-order valence-electron chi connectivity index (χ2n) is 6.75. The zero-order valence-electron chi connectivity index (χ0n) is 12.1. The van der Waals surface area contributed by atoms with Crippen LogP contribution in [-0.4, -0.2) is 8.83 Å². The summed E-state index contributed by atoms with van der Waals surface area (Å²) in [6.07, 6.45) is 11.9. The van der Waals surface area contributed by atoms with Crippen molar-refractivity contribution in [1.82, 2.24) is 0 Å². The minimum absolute atomic E-state index is 0.492. The predicted octanol–water partition coefficient (Wildman–Crippen LogP) is 4.70. The quantitative estimate of drug-likeness (QED) is 0.307. The van der Waals surface area contributed by atoms with Gasteiger partial charge in [0.2, 0.25) is 0 Å². The molecule has 0 nitrogen and oxygen atoms in total. The molecule has 2 saturated carbocycles. The second kappa shape index (κ2) is 5.04. The normalized spacial score (nSPS) is 43.5. The lowest BCUT2D eigenvalue weighted by molar-refractivity contribution is 0.287. The van der Waals surface area contributed by atoms with Crippen LogP contribution in [0.3, 0.4) is 0 Å². The fraction of sp³-hybridized carbons (Fsp3) is 0.474. The highest BCUT2D eigenvalue weighted by atomic mass is 35.6. The molecule has 0 saturated heterocycles. The third-order valence-corrected chi connectivity index (χ3v) is 7.85. The van der Waals surface area contributed by atoms with Crippen molar-refractivity contribution in [2.75, 3.05) is 0 Å². The molecule has 4 aliphatic carbocycles. The van der Waals surface area contributed by atoms with Gasteiger partial charge in [-0.3, -0.25) is 0 Å². The fourth-order valence-corrected chi connectivity index (χ4v) is 7.29. The van der Waals surface area contributed by atoms with E-state index in [4.69, 9.17) is 11.1 Å². The zero-order valence-corrected chi connectivity index (χ0v) is 13.8. The maximum absolute atomic E-state index is 6.51. The summed E-state index contributed by atoms with van der Waals surface area (Å²) in [6.45, 7) is 7.77. The van der Waals surface area contributed by atoms with Crippen LogP contribution < -0.4 is 0 Å². The molecule has 21 heavy (non-hydrogen) atoms. The van der Waals surface area contributed by atoms with Gasteiger partial charge in [-0.2, -0.15) is 11.1 Å². The van der Waals surface area contributed by atoms with Crippen molar-refractivity contribution >= 4 is 19.9 Å². The molecule has 0 heterocycles. The van der Waals surface area contributed by atoms with E-state index in [1.165, 1.54) is 11.1 Å². The van der Waals surface area contributed by atoms with Gasteiger partial charge in [-0.05, 0) is 53.2 Å². The highest BCUT2D eigenvalue weighted by Gasteiger charge is 2.53. The highest BCUT2D eigenvalue weighted by Crippen LogP contribution is 2.61. The zero-order chi connectivity index (χ0) is 14.6. The molecule has 4 aliphatic rings. The van der Waals surface area contributed by atoms with E-state index in [2.05, 4.69) is 48.9 Å². The van der Waals surface area contributed by atoms with E-state index in [-0.39, 0.29) is 0 Å². The number of halogens is 1. The molecule has 4 rings (SSSR count). The smallest absolute Gasteiger partial charge is 0.171 e. The Hall–Kier alpha value is -0.973. The van der Waals surface area contributed by atoms with E-state index in [1.54, 1.807) is 0 Å². The molecule has 2 radical (unpaired) electrons. The van der Waals surface area contributed by atoms with Crippen molar-refractivity contribution in [2.45, 2.75) is 18.4 Å². The van der Waals surface area contributed by atoms with Gasteiger partial charge in [0.15, 0.2) is 8.83 Å². The molecule has 106 valence electrons. The van der Waals surface area contributed by atoms with E-state index in [1.807, 2.05) is 0 Å². The Morgan fingerprint density at radius 3 is 1.76 bits per heavy atom. The van der Waals surface area contributed by atoms with Crippen LogP contribution in [0.15, 0.2) is 60.1 Å². The first-order valence-corrected chi connectivity index (χ1v) is 9.87. The Morgan fingerprint density at radius 2 is 1.43 bits per heavy atom. The van der Waals surface area contributed by atoms with Crippen molar-refractivity contribution in [2.24, 2.45) is 35.5 Å². The summed E-state index contributed by atoms with van der Waals surface area (Å²) >= 11 is 6.51. The van der Waals surface area contributed by atoms with Crippen LogP contribution >= 0.6 is 11.1 Å². The number of hydrogen-bond acceptors (Lipinski definition) is 0. The summed E-state index contributed by atoms with van der Waals surface area (Å²) in [5.41, 5.74) is 9.78. The topological polar surface area (TPSA) is 0 Å². The number of allylic oxidation sites excluding steroid dienone is 6. The molecule has 0 aromatic heterocycles. The van der Waals surface area contributed by atoms with E-state index < -0.39 is 0 Å². The first-order valence-electron chi connectivity index (χ1n) is 7.79. The van der Waals surface area contributed by atoms with Crippen LogP contribution in [0.2, 0.25) is 5.54 Å². The molecule has 0 N–H and O–H groups in total. The van der Waals surface area contributed by atoms with Crippen LogP contribution in [0.5, 0.6) is 0 Å². The molecule has 0 aliphatic heterocycles. The van der Waals surface area contributed by atoms with E-state index >= 15 is 0 Å². The Labute approximate surface area is 134 Å². The molecule has 6 atom stereocenters. The Bertz CT molecular complexity index is 576. The summed E-state index contributed by atoms with van der Waals surface area (Å²) in [6, 6.07) is 0. The lowest BCUT2D eigenvalue weighted by Crippen LogP contribution is -2.28. The molecule has 0 spiro atoms. The Balaban J connectivity index is 1.66. The van der Waals surface area contributed by atoms with Gasteiger partial charge in [-0.1, -0.05) is 37.5 Å². The van der Waals surface area contributed by atoms with Gasteiger partial charge in [-0.25, -0.2) is 0 Å². The molecule has 6 unspecified atom stereocenters. The molecule has 4 bridgehead atoms. The third-order valence-electron chi connectivity index (χ3n) is 6.07. The number of fused-ring (bicyclic) bond motifs is 4.